The van der Waals surface area contributed by atoms with E-state index >= 15 is 0 Å². The first-order valence-corrected chi connectivity index (χ1v) is 3.76. The van der Waals surface area contributed by atoms with Gasteiger partial charge in [0, 0.05) is 6.54 Å². The van der Waals surface area contributed by atoms with Gasteiger partial charge in [-0.05, 0) is 6.07 Å². The Morgan fingerprint density at radius 2 is 2.46 bits per heavy atom. The lowest BCUT2D eigenvalue weighted by atomic mass is 10.3. The van der Waals surface area contributed by atoms with E-state index in [4.69, 9.17) is 5.26 Å². The molecule has 0 bridgehead atoms. The molecular weight excluding hydrogens is 168 g/mol. The van der Waals surface area contributed by atoms with Crippen molar-refractivity contribution in [1.82, 2.24) is 15.5 Å². The van der Waals surface area contributed by atoms with Crippen molar-refractivity contribution in [3.8, 4) is 6.07 Å². The molecule has 1 aromatic rings. The van der Waals surface area contributed by atoms with Crippen LogP contribution in [0.1, 0.15) is 16.8 Å². The van der Waals surface area contributed by atoms with E-state index in [9.17, 15) is 4.79 Å². The molecule has 13 heavy (non-hydrogen) atoms. The van der Waals surface area contributed by atoms with E-state index in [1.165, 1.54) is 12.4 Å². The second-order valence-electron chi connectivity index (χ2n) is 2.30. The molecule has 0 radical (unpaired) electrons. The Hall–Kier alpha value is -1.96. The number of nitriles is 1. The summed E-state index contributed by atoms with van der Waals surface area (Å²) in [7, 11) is 0. The number of carbonyl (C=O) groups is 1. The van der Waals surface area contributed by atoms with Gasteiger partial charge in [-0.25, -0.2) is 0 Å². The van der Waals surface area contributed by atoms with Gasteiger partial charge in [0.1, 0.15) is 0 Å². The Morgan fingerprint density at radius 3 is 3.08 bits per heavy atom. The lowest BCUT2D eigenvalue weighted by molar-refractivity contribution is 0.0954. The van der Waals surface area contributed by atoms with Crippen LogP contribution in [-0.4, -0.2) is 22.6 Å². The molecule has 0 aromatic carbocycles. The summed E-state index contributed by atoms with van der Waals surface area (Å²) in [6.45, 7) is 0.359. The maximum atomic E-state index is 11.2. The maximum absolute atomic E-state index is 11.2. The fourth-order valence-corrected chi connectivity index (χ4v) is 0.759. The van der Waals surface area contributed by atoms with Crippen molar-refractivity contribution in [2.75, 3.05) is 6.54 Å². The normalized spacial score (nSPS) is 8.85. The van der Waals surface area contributed by atoms with Gasteiger partial charge in [0.15, 0.2) is 0 Å². The molecule has 0 atom stereocenters. The van der Waals surface area contributed by atoms with Crippen LogP contribution in [0.4, 0.5) is 0 Å². The Morgan fingerprint density at radius 1 is 1.62 bits per heavy atom. The average molecular weight is 176 g/mol. The highest BCUT2D eigenvalue weighted by Crippen LogP contribution is 1.92. The minimum atomic E-state index is -0.231. The summed E-state index contributed by atoms with van der Waals surface area (Å²) in [5.74, 6) is -0.231. The number of nitrogens with one attached hydrogen (secondary N) is 1. The third kappa shape index (κ3) is 2.87. The maximum Gasteiger partial charge on any atom is 0.253 e. The van der Waals surface area contributed by atoms with Gasteiger partial charge in [0.25, 0.3) is 5.91 Å². The van der Waals surface area contributed by atoms with E-state index in [0.29, 0.717) is 18.5 Å². The SMILES string of the molecule is N#CCCNC(=O)c1ccnnc1. The number of hydrogen-bond acceptors (Lipinski definition) is 4. The third-order valence-corrected chi connectivity index (χ3v) is 1.37. The summed E-state index contributed by atoms with van der Waals surface area (Å²) in [5, 5.41) is 17.9. The molecule has 1 rings (SSSR count). The van der Waals surface area contributed by atoms with Gasteiger partial charge in [-0.15, -0.1) is 0 Å². The molecule has 0 aliphatic rings. The Balaban J connectivity index is 2.46. The van der Waals surface area contributed by atoms with Crippen molar-refractivity contribution in [1.29, 1.82) is 5.26 Å². The zero-order chi connectivity index (χ0) is 9.52. The first-order chi connectivity index (χ1) is 6.34. The van der Waals surface area contributed by atoms with E-state index in [1.54, 1.807) is 6.07 Å². The van der Waals surface area contributed by atoms with Crippen LogP contribution in [0, 0.1) is 11.3 Å². The van der Waals surface area contributed by atoms with Gasteiger partial charge in [0.2, 0.25) is 0 Å². The van der Waals surface area contributed by atoms with Crippen LogP contribution in [0.5, 0.6) is 0 Å². The van der Waals surface area contributed by atoms with Crippen molar-refractivity contribution >= 4 is 5.91 Å². The molecule has 0 unspecified atom stereocenters. The summed E-state index contributed by atoms with van der Waals surface area (Å²) in [5.41, 5.74) is 0.452. The largest absolute Gasteiger partial charge is 0.351 e. The van der Waals surface area contributed by atoms with E-state index in [2.05, 4.69) is 15.5 Å². The lowest BCUT2D eigenvalue weighted by Crippen LogP contribution is -2.24. The van der Waals surface area contributed by atoms with Crippen LogP contribution in [0.25, 0.3) is 0 Å². The Bertz CT molecular complexity index is 317. The van der Waals surface area contributed by atoms with Gasteiger partial charge in [-0.2, -0.15) is 15.5 Å². The molecule has 66 valence electrons. The molecule has 0 fully saturated rings. The van der Waals surface area contributed by atoms with Crippen LogP contribution >= 0.6 is 0 Å². The van der Waals surface area contributed by atoms with Gasteiger partial charge in [0.05, 0.1) is 30.4 Å². The summed E-state index contributed by atoms with van der Waals surface area (Å²) < 4.78 is 0. The van der Waals surface area contributed by atoms with Crippen LogP contribution < -0.4 is 5.32 Å². The van der Waals surface area contributed by atoms with E-state index in [1.807, 2.05) is 6.07 Å². The molecule has 0 saturated carbocycles. The summed E-state index contributed by atoms with van der Waals surface area (Å²) in [6.07, 6.45) is 3.13. The van der Waals surface area contributed by atoms with Crippen molar-refractivity contribution in [2.24, 2.45) is 0 Å². The first-order valence-electron chi connectivity index (χ1n) is 3.76. The number of amides is 1. The number of aromatic nitrogens is 2. The first kappa shape index (κ1) is 9.13. The van der Waals surface area contributed by atoms with Crippen molar-refractivity contribution in [3.05, 3.63) is 24.0 Å². The van der Waals surface area contributed by atoms with E-state index in [0.717, 1.165) is 0 Å². The molecule has 1 heterocycles. The van der Waals surface area contributed by atoms with Crippen molar-refractivity contribution in [3.63, 3.8) is 0 Å². The predicted molar refractivity (Wildman–Crippen MR) is 44.6 cm³/mol. The van der Waals surface area contributed by atoms with Gasteiger partial charge >= 0.3 is 0 Å². The predicted octanol–water partition coefficient (Wildman–Crippen LogP) is 0.120. The fourth-order valence-electron chi connectivity index (χ4n) is 0.759. The smallest absolute Gasteiger partial charge is 0.253 e. The molecule has 1 amide bonds. The number of hydrogen-bond donors (Lipinski definition) is 1. The Labute approximate surface area is 75.4 Å². The molecule has 1 aromatic heterocycles. The molecule has 0 aliphatic carbocycles. The highest BCUT2D eigenvalue weighted by molar-refractivity contribution is 5.93. The van der Waals surface area contributed by atoms with E-state index in [-0.39, 0.29) is 5.91 Å². The molecule has 5 heteroatoms. The summed E-state index contributed by atoms with van der Waals surface area (Å²) >= 11 is 0. The Kier molecular flexibility index (Phi) is 3.39. The monoisotopic (exact) mass is 176 g/mol. The molecule has 1 N–H and O–H groups in total. The van der Waals surface area contributed by atoms with Gasteiger partial charge in [-0.3, -0.25) is 4.79 Å². The van der Waals surface area contributed by atoms with Crippen LogP contribution in [-0.2, 0) is 0 Å². The number of carbonyl (C=O) groups excluding carboxylic acids is 1. The average Bonchev–Trinajstić information content (AvgIpc) is 2.19. The van der Waals surface area contributed by atoms with Crippen molar-refractivity contribution < 1.29 is 4.79 Å². The third-order valence-electron chi connectivity index (χ3n) is 1.37. The molecule has 5 nitrogen and oxygen atoms in total. The zero-order valence-electron chi connectivity index (χ0n) is 6.90. The highest BCUT2D eigenvalue weighted by Gasteiger charge is 2.02. The zero-order valence-corrected chi connectivity index (χ0v) is 6.90. The van der Waals surface area contributed by atoms with Gasteiger partial charge < -0.3 is 5.32 Å². The highest BCUT2D eigenvalue weighted by atomic mass is 16.1. The summed E-state index contributed by atoms with van der Waals surface area (Å²) in [6, 6.07) is 3.50. The van der Waals surface area contributed by atoms with Gasteiger partial charge in [-0.1, -0.05) is 0 Å². The van der Waals surface area contributed by atoms with Crippen LogP contribution in [0.3, 0.4) is 0 Å². The molecule has 0 aliphatic heterocycles. The van der Waals surface area contributed by atoms with Crippen LogP contribution in [0.2, 0.25) is 0 Å². The quantitative estimate of drug-likeness (QED) is 0.663. The van der Waals surface area contributed by atoms with Crippen LogP contribution in [0.15, 0.2) is 18.5 Å². The fraction of sp³-hybridized carbons (Fsp3) is 0.250. The molecule has 0 spiro atoms. The lowest BCUT2D eigenvalue weighted by Gasteiger charge is -2.00. The topological polar surface area (TPSA) is 78.7 Å². The number of rotatable bonds is 3. The standard InChI is InChI=1S/C8H8N4O/c9-3-1-4-10-8(13)7-2-5-11-12-6-7/h2,5-6H,1,4H2,(H,10,13). The number of nitrogens with zero attached hydrogens (tertiary/aromatic N) is 3. The molecular formula is C8H8N4O. The second-order valence-corrected chi connectivity index (χ2v) is 2.30. The van der Waals surface area contributed by atoms with Crippen molar-refractivity contribution in [2.45, 2.75) is 6.42 Å². The minimum absolute atomic E-state index is 0.231. The minimum Gasteiger partial charge on any atom is -0.351 e. The van der Waals surface area contributed by atoms with E-state index < -0.39 is 0 Å². The summed E-state index contributed by atoms with van der Waals surface area (Å²) in [4.78, 5) is 11.2. The molecule has 0 saturated heterocycles. The second kappa shape index (κ2) is 4.83.